The van der Waals surface area contributed by atoms with Crippen molar-refractivity contribution in [3.05, 3.63) is 65.2 Å². The quantitative estimate of drug-likeness (QED) is 0.0436. The Hall–Kier alpha value is -6.71. The van der Waals surface area contributed by atoms with Gasteiger partial charge in [0.05, 0.1) is 71.4 Å². The van der Waals surface area contributed by atoms with Gasteiger partial charge in [-0.1, -0.05) is 55.5 Å². The summed E-state index contributed by atoms with van der Waals surface area (Å²) in [6, 6.07) is 2.50. The average Bonchev–Trinajstić information content (AvgIpc) is 3.41. The van der Waals surface area contributed by atoms with Crippen molar-refractivity contribution in [1.82, 2.24) is 41.7 Å². The fourth-order valence-electron chi connectivity index (χ4n) is 11.6. The molecular formula is C60H81F3N8O15. The first-order chi connectivity index (χ1) is 41.0. The van der Waals surface area contributed by atoms with Crippen molar-refractivity contribution in [2.75, 3.05) is 79.4 Å². The second-order valence-electron chi connectivity index (χ2n) is 23.6. The van der Waals surface area contributed by atoms with Crippen LogP contribution in [0, 0.1) is 5.92 Å². The number of alkyl halides is 3. The van der Waals surface area contributed by atoms with Gasteiger partial charge < -0.3 is 65.4 Å². The molecule has 2 aliphatic carbocycles. The second-order valence-corrected chi connectivity index (χ2v) is 23.6. The van der Waals surface area contributed by atoms with E-state index in [4.69, 9.17) is 23.7 Å². The lowest BCUT2D eigenvalue weighted by molar-refractivity contribution is -0.274. The van der Waals surface area contributed by atoms with Gasteiger partial charge in [-0.25, -0.2) is 0 Å². The van der Waals surface area contributed by atoms with Gasteiger partial charge in [0.25, 0.3) is 0 Å². The van der Waals surface area contributed by atoms with E-state index < -0.39 is 107 Å². The van der Waals surface area contributed by atoms with Crippen LogP contribution >= 0.6 is 0 Å². The highest BCUT2D eigenvalue weighted by molar-refractivity contribution is 6.00. The minimum Gasteiger partial charge on any atom is -0.504 e. The number of phenolic OH excluding ortho intramolecular Hbond substituents is 1. The number of ether oxygens (including phenoxy) is 6. The molecule has 2 aromatic rings. The number of hydrogen-bond acceptors (Lipinski definition) is 17. The molecule has 4 heterocycles. The molecule has 5 fully saturated rings. The number of amides is 6. The maximum atomic E-state index is 14.8. The molecule has 472 valence electrons. The van der Waals surface area contributed by atoms with E-state index in [1.807, 2.05) is 4.90 Å². The van der Waals surface area contributed by atoms with Crippen LogP contribution in [0.2, 0.25) is 0 Å². The molecular weight excluding hydrogens is 1130 g/mol. The van der Waals surface area contributed by atoms with Crippen LogP contribution in [0.15, 0.2) is 54.1 Å². The minimum atomic E-state index is -4.94. The molecule has 0 bridgehead atoms. The number of carbonyl (C=O) groups excluding carboxylic acids is 8. The number of allylic oxidation sites excluding steroid dienone is 1. The van der Waals surface area contributed by atoms with Crippen LogP contribution in [0.25, 0.3) is 0 Å². The highest BCUT2D eigenvalue weighted by Gasteiger charge is 2.56. The Morgan fingerprint density at radius 3 is 1.83 bits per heavy atom. The van der Waals surface area contributed by atoms with E-state index in [9.17, 15) is 56.6 Å². The third kappa shape index (κ3) is 18.9. The SMILES string of the molecule is COc1ccc(CC(NC(=O)C(C)NC(=O)CN2CCOC(CC3(C(=O)C(CC4CCCC4)NC(=O)C(Cc4ccc(OC(F)(F)F)cc4)NC(=O)C(C)NC(=O)CN4CCOCC4)CO3)C2)C(=O)NC(CC2=CCCC2)C(=O)C2(C)CO2)cc1O. The molecule has 0 radical (unpaired) electrons. The number of ketones is 2. The number of carbonyl (C=O) groups is 8. The smallest absolute Gasteiger partial charge is 0.504 e. The summed E-state index contributed by atoms with van der Waals surface area (Å²) in [5, 5.41) is 27.2. The van der Waals surface area contributed by atoms with Gasteiger partial charge >= 0.3 is 6.36 Å². The number of epoxide rings is 2. The molecule has 7 N–H and O–H groups in total. The summed E-state index contributed by atoms with van der Waals surface area (Å²) in [6.45, 7) is 7.33. The Kier molecular flexibility index (Phi) is 22.3. The molecule has 8 rings (SSSR count). The van der Waals surface area contributed by atoms with Crippen LogP contribution in [0.4, 0.5) is 13.2 Å². The average molecular weight is 1210 g/mol. The van der Waals surface area contributed by atoms with Crippen LogP contribution in [-0.4, -0.2) is 201 Å². The van der Waals surface area contributed by atoms with Crippen molar-refractivity contribution in [2.45, 2.75) is 158 Å². The number of aromatic hydroxyl groups is 1. The van der Waals surface area contributed by atoms with Crippen molar-refractivity contribution >= 4 is 47.0 Å². The van der Waals surface area contributed by atoms with Crippen molar-refractivity contribution in [2.24, 2.45) is 5.92 Å². The first kappa shape index (κ1) is 65.3. The first-order valence-electron chi connectivity index (χ1n) is 29.7. The van der Waals surface area contributed by atoms with Crippen molar-refractivity contribution in [3.8, 4) is 17.2 Å². The van der Waals surface area contributed by atoms with E-state index in [1.54, 1.807) is 17.9 Å². The predicted molar refractivity (Wildman–Crippen MR) is 302 cm³/mol. The molecule has 0 aromatic heterocycles. The number of methoxy groups -OCH3 is 1. The zero-order chi connectivity index (χ0) is 61.8. The number of benzene rings is 2. The Balaban J connectivity index is 0.892. The summed E-state index contributed by atoms with van der Waals surface area (Å²) >= 11 is 0. The zero-order valence-electron chi connectivity index (χ0n) is 49.2. The molecule has 0 spiro atoms. The van der Waals surface area contributed by atoms with Gasteiger partial charge in [0, 0.05) is 45.4 Å². The third-order valence-electron chi connectivity index (χ3n) is 16.7. The monoisotopic (exact) mass is 1210 g/mol. The van der Waals surface area contributed by atoms with Crippen LogP contribution in [0.3, 0.4) is 0 Å². The maximum absolute atomic E-state index is 14.8. The second kappa shape index (κ2) is 29.3. The highest BCUT2D eigenvalue weighted by atomic mass is 19.4. The topological polar surface area (TPSA) is 297 Å². The van der Waals surface area contributed by atoms with Crippen LogP contribution in [-0.2, 0) is 70.1 Å². The Labute approximate surface area is 497 Å². The van der Waals surface area contributed by atoms with Crippen LogP contribution in [0.1, 0.15) is 96.1 Å². The van der Waals surface area contributed by atoms with Gasteiger partial charge in [-0.3, -0.25) is 48.2 Å². The van der Waals surface area contributed by atoms with Crippen LogP contribution in [0.5, 0.6) is 17.2 Å². The van der Waals surface area contributed by atoms with E-state index in [2.05, 4.69) is 42.7 Å². The van der Waals surface area contributed by atoms with Gasteiger partial charge in [0.15, 0.2) is 28.7 Å². The molecule has 86 heavy (non-hydrogen) atoms. The van der Waals surface area contributed by atoms with Gasteiger partial charge in [-0.2, -0.15) is 0 Å². The third-order valence-corrected chi connectivity index (χ3v) is 16.7. The number of nitrogens with one attached hydrogen (secondary N) is 6. The van der Waals surface area contributed by atoms with Gasteiger partial charge in [0.1, 0.15) is 35.5 Å². The lowest BCUT2D eigenvalue weighted by Gasteiger charge is -2.34. The number of phenols is 1. The van der Waals surface area contributed by atoms with Crippen molar-refractivity contribution in [3.63, 3.8) is 0 Å². The van der Waals surface area contributed by atoms with E-state index in [1.165, 1.54) is 45.2 Å². The summed E-state index contributed by atoms with van der Waals surface area (Å²) in [4.78, 5) is 115. The predicted octanol–water partition coefficient (Wildman–Crippen LogP) is 2.23. The van der Waals surface area contributed by atoms with Gasteiger partial charge in [0.2, 0.25) is 35.4 Å². The maximum Gasteiger partial charge on any atom is 0.573 e. The Morgan fingerprint density at radius 1 is 0.698 bits per heavy atom. The minimum absolute atomic E-state index is 0.0139. The standard InChI is InChI=1S/C60H81F3N8O15/c1-36(64-50(73)32-70-19-22-82-23-20-70)54(77)68-46(27-40-13-16-42(17-14-40)86-60(61,62)63)56(79)67-45(26-39-11-7-8-12-39)53(76)59(35-85-59)30-43-31-71(21-24-83-43)33-51(74)65-37(2)55(78)69-47(28-41-15-18-49(81-4)48(72)29-41)57(80)66-44(25-38-9-5-6-10-38)52(75)58(3)34-84-58/h9,13-18,29,36-37,39,43-47,72H,5-8,10-12,19-28,30-35H2,1-4H3,(H,64,73)(H,65,74)(H,66,80)(H,67,79)(H,68,77)(H,69,78). The number of morpholine rings is 2. The number of Topliss-reactive ketones (excluding diaryl/α,β-unsaturated/α-hetero) is 2. The highest BCUT2D eigenvalue weighted by Crippen LogP contribution is 2.39. The zero-order valence-corrected chi connectivity index (χ0v) is 49.2. The lowest BCUT2D eigenvalue weighted by Crippen LogP contribution is -2.58. The van der Waals surface area contributed by atoms with E-state index in [0.29, 0.717) is 44.0 Å². The summed E-state index contributed by atoms with van der Waals surface area (Å²) in [7, 11) is 1.39. The molecule has 23 nitrogen and oxygen atoms in total. The Bertz CT molecular complexity index is 2780. The normalized spacial score (nSPS) is 23.7. The van der Waals surface area contributed by atoms with Crippen molar-refractivity contribution < 1.29 is 85.1 Å². The number of rotatable bonds is 30. The number of nitrogens with zero attached hydrogens (tertiary/aromatic N) is 2. The van der Waals surface area contributed by atoms with E-state index in [-0.39, 0.29) is 94.8 Å². The van der Waals surface area contributed by atoms with E-state index in [0.717, 1.165) is 62.7 Å². The largest absolute Gasteiger partial charge is 0.573 e. The van der Waals surface area contributed by atoms with E-state index >= 15 is 0 Å². The number of hydrogen-bond donors (Lipinski definition) is 7. The molecule has 6 amide bonds. The van der Waals surface area contributed by atoms with Crippen LogP contribution < -0.4 is 41.4 Å². The molecule has 2 aromatic carbocycles. The Morgan fingerprint density at radius 2 is 1.27 bits per heavy atom. The van der Waals surface area contributed by atoms with Gasteiger partial charge in [-0.15, -0.1) is 13.2 Å². The molecule has 9 atom stereocenters. The van der Waals surface area contributed by atoms with Crippen molar-refractivity contribution in [1.29, 1.82) is 0 Å². The molecule has 4 aliphatic heterocycles. The molecule has 1 saturated carbocycles. The molecule has 4 saturated heterocycles. The summed E-state index contributed by atoms with van der Waals surface area (Å²) in [6.07, 6.45) is 2.89. The summed E-state index contributed by atoms with van der Waals surface area (Å²) < 4.78 is 71.2. The fraction of sp³-hybridized carbons (Fsp3) is 0.633. The molecule has 9 unspecified atom stereocenters. The fourth-order valence-corrected chi connectivity index (χ4v) is 11.6. The first-order valence-corrected chi connectivity index (χ1v) is 29.7. The summed E-state index contributed by atoms with van der Waals surface area (Å²) in [5.41, 5.74) is -0.539. The number of halogens is 3. The molecule has 26 heteroatoms. The van der Waals surface area contributed by atoms with Gasteiger partial charge in [-0.05, 0) is 94.2 Å². The summed E-state index contributed by atoms with van der Waals surface area (Å²) in [5.74, 6) is -4.85. The lowest BCUT2D eigenvalue weighted by atomic mass is 9.87. The molecule has 6 aliphatic rings.